The Kier molecular flexibility index (Phi) is 6.65. The highest BCUT2D eigenvalue weighted by Gasteiger charge is 2.24. The van der Waals surface area contributed by atoms with E-state index in [1.54, 1.807) is 38.1 Å². The summed E-state index contributed by atoms with van der Waals surface area (Å²) in [4.78, 5) is 24.2. The van der Waals surface area contributed by atoms with Crippen molar-refractivity contribution in [2.45, 2.75) is 18.2 Å². The Balaban J connectivity index is 1.74. The molecule has 0 radical (unpaired) electrons. The number of esters is 1. The minimum absolute atomic E-state index is 0.123. The molecule has 2 heterocycles. The van der Waals surface area contributed by atoms with E-state index in [9.17, 15) is 9.59 Å². The Hall–Kier alpha value is -2.43. The average molecular weight is 439 g/mol. The zero-order valence-corrected chi connectivity index (χ0v) is 17.3. The minimum Gasteiger partial charge on any atom is -0.465 e. The van der Waals surface area contributed by atoms with Gasteiger partial charge in [0.1, 0.15) is 17.0 Å². The Morgan fingerprint density at radius 1 is 1.32 bits per heavy atom. The van der Waals surface area contributed by atoms with Crippen LogP contribution < -0.4 is 5.32 Å². The van der Waals surface area contributed by atoms with Crippen molar-refractivity contribution in [3.8, 4) is 11.3 Å². The van der Waals surface area contributed by atoms with Gasteiger partial charge in [0, 0.05) is 5.56 Å². The average Bonchev–Trinajstić information content (AvgIpc) is 3.27. The number of thioether (sulfide) groups is 1. The first-order valence-corrected chi connectivity index (χ1v) is 10.3. The van der Waals surface area contributed by atoms with Gasteiger partial charge in [0.15, 0.2) is 4.34 Å². The maximum absolute atomic E-state index is 12.8. The summed E-state index contributed by atoms with van der Waals surface area (Å²) in [7, 11) is 0. The van der Waals surface area contributed by atoms with Crippen LogP contribution in [0.2, 0.25) is 5.02 Å². The molecule has 0 aliphatic rings. The molecule has 28 heavy (non-hydrogen) atoms. The summed E-state index contributed by atoms with van der Waals surface area (Å²) >= 11 is 8.56. The SMILES string of the molecule is CCOC(=O)CSc1nnc(NC(=O)c2c(-c3ccccc3Cl)noc2C)s1. The molecule has 1 amide bonds. The second-order valence-corrected chi connectivity index (χ2v) is 7.97. The number of carbonyl (C=O) groups excluding carboxylic acids is 2. The van der Waals surface area contributed by atoms with Gasteiger partial charge >= 0.3 is 5.97 Å². The topological polar surface area (TPSA) is 107 Å². The number of hydrogen-bond acceptors (Lipinski definition) is 9. The summed E-state index contributed by atoms with van der Waals surface area (Å²) in [5, 5.41) is 15.3. The summed E-state index contributed by atoms with van der Waals surface area (Å²) in [5.74, 6) is -0.295. The van der Waals surface area contributed by atoms with Crippen LogP contribution in [0, 0.1) is 6.92 Å². The zero-order valence-electron chi connectivity index (χ0n) is 14.9. The maximum atomic E-state index is 12.8. The number of hydrogen-bond donors (Lipinski definition) is 1. The molecule has 0 saturated heterocycles. The number of nitrogens with zero attached hydrogens (tertiary/aromatic N) is 3. The molecule has 2 aromatic heterocycles. The Morgan fingerprint density at radius 3 is 2.86 bits per heavy atom. The van der Waals surface area contributed by atoms with Crippen LogP contribution in [0.1, 0.15) is 23.0 Å². The minimum atomic E-state index is -0.438. The van der Waals surface area contributed by atoms with Crippen molar-refractivity contribution >= 4 is 51.7 Å². The number of amides is 1. The Morgan fingerprint density at radius 2 is 2.11 bits per heavy atom. The number of carbonyl (C=O) groups is 2. The van der Waals surface area contributed by atoms with Gasteiger partial charge in [-0.1, -0.05) is 58.1 Å². The number of anilines is 1. The number of aryl methyl sites for hydroxylation is 1. The summed E-state index contributed by atoms with van der Waals surface area (Å²) in [6.45, 7) is 3.70. The van der Waals surface area contributed by atoms with Crippen LogP contribution in [-0.4, -0.2) is 39.6 Å². The molecule has 0 spiro atoms. The molecule has 0 unspecified atom stereocenters. The van der Waals surface area contributed by atoms with E-state index in [0.717, 1.165) is 11.3 Å². The molecule has 8 nitrogen and oxygen atoms in total. The van der Waals surface area contributed by atoms with Gasteiger partial charge in [-0.05, 0) is 19.9 Å². The molecule has 0 fully saturated rings. The Labute approximate surface area is 173 Å². The van der Waals surface area contributed by atoms with Crippen LogP contribution in [0.5, 0.6) is 0 Å². The van der Waals surface area contributed by atoms with Crippen molar-refractivity contribution in [3.63, 3.8) is 0 Å². The highest BCUT2D eigenvalue weighted by Crippen LogP contribution is 2.32. The first-order valence-electron chi connectivity index (χ1n) is 8.14. The molecule has 0 saturated carbocycles. The summed E-state index contributed by atoms with van der Waals surface area (Å²) in [5.41, 5.74) is 1.21. The van der Waals surface area contributed by atoms with Gasteiger partial charge in [0.25, 0.3) is 5.91 Å². The van der Waals surface area contributed by atoms with Crippen LogP contribution in [0.4, 0.5) is 5.13 Å². The van der Waals surface area contributed by atoms with Crippen LogP contribution in [-0.2, 0) is 9.53 Å². The van der Waals surface area contributed by atoms with E-state index in [4.69, 9.17) is 20.9 Å². The number of halogens is 1. The van der Waals surface area contributed by atoms with E-state index in [0.29, 0.717) is 38.1 Å². The molecule has 11 heteroatoms. The fraction of sp³-hybridized carbons (Fsp3) is 0.235. The Bertz CT molecular complexity index is 1000. The lowest BCUT2D eigenvalue weighted by Gasteiger charge is -2.04. The molecule has 0 bridgehead atoms. The number of benzene rings is 1. The van der Waals surface area contributed by atoms with Gasteiger partial charge in [-0.15, -0.1) is 10.2 Å². The summed E-state index contributed by atoms with van der Waals surface area (Å²) < 4.78 is 10.6. The third-order valence-electron chi connectivity index (χ3n) is 3.46. The first kappa shape index (κ1) is 20.3. The van der Waals surface area contributed by atoms with Gasteiger partial charge < -0.3 is 9.26 Å². The van der Waals surface area contributed by atoms with E-state index in [-0.39, 0.29) is 17.3 Å². The number of ether oxygens (including phenoxy) is 1. The van der Waals surface area contributed by atoms with Crippen molar-refractivity contribution in [1.29, 1.82) is 0 Å². The van der Waals surface area contributed by atoms with Crippen LogP contribution >= 0.6 is 34.7 Å². The predicted molar refractivity (Wildman–Crippen MR) is 107 cm³/mol. The van der Waals surface area contributed by atoms with E-state index >= 15 is 0 Å². The summed E-state index contributed by atoms with van der Waals surface area (Å²) in [6.07, 6.45) is 0. The van der Waals surface area contributed by atoms with E-state index in [1.165, 1.54) is 11.8 Å². The zero-order chi connectivity index (χ0) is 20.1. The van der Waals surface area contributed by atoms with Crippen LogP contribution in [0.15, 0.2) is 33.1 Å². The number of rotatable bonds is 7. The molecule has 0 aliphatic heterocycles. The lowest BCUT2D eigenvalue weighted by molar-refractivity contribution is -0.139. The van der Waals surface area contributed by atoms with E-state index in [1.807, 2.05) is 0 Å². The van der Waals surface area contributed by atoms with Crippen molar-refractivity contribution < 1.29 is 18.8 Å². The van der Waals surface area contributed by atoms with Gasteiger partial charge in [-0.2, -0.15) is 0 Å². The molecule has 3 rings (SSSR count). The molecule has 0 atom stereocenters. The first-order chi connectivity index (χ1) is 13.5. The van der Waals surface area contributed by atoms with Crippen LogP contribution in [0.25, 0.3) is 11.3 Å². The molecular weight excluding hydrogens is 424 g/mol. The van der Waals surface area contributed by atoms with Crippen molar-refractivity contribution in [2.75, 3.05) is 17.7 Å². The highest BCUT2D eigenvalue weighted by atomic mass is 35.5. The summed E-state index contributed by atoms with van der Waals surface area (Å²) in [6, 6.07) is 7.05. The van der Waals surface area contributed by atoms with Crippen LogP contribution in [0.3, 0.4) is 0 Å². The molecule has 1 N–H and O–H groups in total. The largest absolute Gasteiger partial charge is 0.465 e. The molecule has 3 aromatic rings. The van der Waals surface area contributed by atoms with Gasteiger partial charge in [-0.25, -0.2) is 0 Å². The molecular formula is C17H15ClN4O4S2. The lowest BCUT2D eigenvalue weighted by atomic mass is 10.1. The quantitative estimate of drug-likeness (QED) is 0.334. The fourth-order valence-electron chi connectivity index (χ4n) is 2.28. The highest BCUT2D eigenvalue weighted by molar-refractivity contribution is 8.01. The third kappa shape index (κ3) is 4.70. The monoisotopic (exact) mass is 438 g/mol. The second kappa shape index (κ2) is 9.18. The third-order valence-corrected chi connectivity index (χ3v) is 5.74. The maximum Gasteiger partial charge on any atom is 0.316 e. The van der Waals surface area contributed by atoms with Crippen molar-refractivity contribution in [2.24, 2.45) is 0 Å². The molecule has 0 aliphatic carbocycles. The molecule has 1 aromatic carbocycles. The van der Waals surface area contributed by atoms with Crippen molar-refractivity contribution in [1.82, 2.24) is 15.4 Å². The lowest BCUT2D eigenvalue weighted by Crippen LogP contribution is -2.13. The second-order valence-electron chi connectivity index (χ2n) is 5.36. The normalized spacial score (nSPS) is 10.7. The molecule has 146 valence electrons. The van der Waals surface area contributed by atoms with Gasteiger partial charge in [0.2, 0.25) is 5.13 Å². The van der Waals surface area contributed by atoms with Gasteiger partial charge in [-0.3, -0.25) is 14.9 Å². The smallest absolute Gasteiger partial charge is 0.316 e. The number of aromatic nitrogens is 3. The van der Waals surface area contributed by atoms with Gasteiger partial charge in [0.05, 0.1) is 17.4 Å². The predicted octanol–water partition coefficient (Wildman–Crippen LogP) is 4.06. The van der Waals surface area contributed by atoms with Crippen molar-refractivity contribution in [3.05, 3.63) is 40.6 Å². The number of nitrogens with one attached hydrogen (secondary N) is 1. The fourth-order valence-corrected chi connectivity index (χ4v) is 4.05. The van der Waals surface area contributed by atoms with E-state index < -0.39 is 5.91 Å². The standard InChI is InChI=1S/C17H15ClN4O4S2/c1-3-25-12(23)8-27-17-21-20-16(28-17)19-15(24)13-9(2)26-22-14(13)10-6-4-5-7-11(10)18/h4-7H,3,8H2,1-2H3,(H,19,20,24). The van der Waals surface area contributed by atoms with E-state index in [2.05, 4.69) is 20.7 Å².